The summed E-state index contributed by atoms with van der Waals surface area (Å²) in [6, 6.07) is 2.16. The fourth-order valence-electron chi connectivity index (χ4n) is 3.51. The van der Waals surface area contributed by atoms with Gasteiger partial charge in [-0.25, -0.2) is 9.97 Å². The molecule has 128 valence electrons. The summed E-state index contributed by atoms with van der Waals surface area (Å²) in [5.74, 6) is 1.22. The van der Waals surface area contributed by atoms with Crippen LogP contribution in [-0.4, -0.2) is 59.7 Å². The molecule has 1 atom stereocenters. The average molecular weight is 346 g/mol. The molecule has 2 fully saturated rings. The van der Waals surface area contributed by atoms with Crippen molar-refractivity contribution in [2.24, 2.45) is 0 Å². The van der Waals surface area contributed by atoms with Crippen molar-refractivity contribution in [1.82, 2.24) is 14.9 Å². The van der Waals surface area contributed by atoms with Gasteiger partial charge < -0.3 is 14.5 Å². The predicted octanol–water partition coefficient (Wildman–Crippen LogP) is 2.22. The first-order valence-corrected chi connectivity index (χ1v) is 9.38. The van der Waals surface area contributed by atoms with Crippen LogP contribution in [0.2, 0.25) is 0 Å². The van der Waals surface area contributed by atoms with Gasteiger partial charge in [-0.3, -0.25) is 4.79 Å². The van der Waals surface area contributed by atoms with Crippen LogP contribution in [0.3, 0.4) is 0 Å². The molecule has 2 aromatic rings. The number of thiophene rings is 1. The molecule has 0 unspecified atom stereocenters. The highest BCUT2D eigenvalue weighted by Gasteiger charge is 2.26. The first kappa shape index (κ1) is 15.8. The highest BCUT2D eigenvalue weighted by atomic mass is 32.1. The summed E-state index contributed by atoms with van der Waals surface area (Å²) < 4.78 is 5.58. The van der Waals surface area contributed by atoms with Crippen LogP contribution in [0.1, 0.15) is 24.1 Å². The number of hydrogen-bond acceptors (Lipinski definition) is 6. The molecule has 4 rings (SSSR count). The molecule has 0 spiro atoms. The summed E-state index contributed by atoms with van der Waals surface area (Å²) in [6.45, 7) is 6.03. The summed E-state index contributed by atoms with van der Waals surface area (Å²) in [4.78, 5) is 27.8. The third-order valence-electron chi connectivity index (χ3n) is 4.79. The van der Waals surface area contributed by atoms with E-state index in [-0.39, 0.29) is 12.0 Å². The molecular formula is C17H22N4O2S. The molecular weight excluding hydrogens is 324 g/mol. The van der Waals surface area contributed by atoms with Crippen LogP contribution in [0, 0.1) is 6.92 Å². The molecule has 1 amide bonds. The first-order chi connectivity index (χ1) is 11.7. The van der Waals surface area contributed by atoms with Crippen LogP contribution >= 0.6 is 11.3 Å². The van der Waals surface area contributed by atoms with Crippen LogP contribution in [0.25, 0.3) is 10.2 Å². The highest BCUT2D eigenvalue weighted by molar-refractivity contribution is 7.18. The van der Waals surface area contributed by atoms with Crippen molar-refractivity contribution >= 4 is 33.3 Å². The number of fused-ring (bicyclic) bond motifs is 1. The van der Waals surface area contributed by atoms with Crippen molar-refractivity contribution in [3.63, 3.8) is 0 Å². The van der Waals surface area contributed by atoms with E-state index in [0.29, 0.717) is 6.42 Å². The van der Waals surface area contributed by atoms with Crippen LogP contribution in [0.15, 0.2) is 12.4 Å². The van der Waals surface area contributed by atoms with E-state index in [9.17, 15) is 4.79 Å². The molecule has 7 heteroatoms. The lowest BCUT2D eigenvalue weighted by Crippen LogP contribution is -2.49. The van der Waals surface area contributed by atoms with Gasteiger partial charge in [0.05, 0.1) is 17.9 Å². The van der Waals surface area contributed by atoms with Crippen molar-refractivity contribution in [3.8, 4) is 0 Å². The van der Waals surface area contributed by atoms with Crippen LogP contribution < -0.4 is 4.90 Å². The van der Waals surface area contributed by atoms with Gasteiger partial charge in [0.1, 0.15) is 17.0 Å². The van der Waals surface area contributed by atoms with Gasteiger partial charge in [-0.15, -0.1) is 11.3 Å². The summed E-state index contributed by atoms with van der Waals surface area (Å²) in [6.07, 6.45) is 4.40. The van der Waals surface area contributed by atoms with Crippen LogP contribution in [0.4, 0.5) is 5.82 Å². The van der Waals surface area contributed by atoms with Gasteiger partial charge in [0.2, 0.25) is 5.91 Å². The number of anilines is 1. The van der Waals surface area contributed by atoms with Gasteiger partial charge >= 0.3 is 0 Å². The normalized spacial score (nSPS) is 21.6. The lowest BCUT2D eigenvalue weighted by atomic mass is 10.1. The minimum absolute atomic E-state index is 0.130. The monoisotopic (exact) mass is 346 g/mol. The standard InChI is InChI=1S/C17H22N4O2S/c1-12-9-14-16(18-11-19-17(14)24-12)21-6-4-20(5-7-21)15(22)10-13-3-2-8-23-13/h9,11,13H,2-8,10H2,1H3/t13-/m1/s1. The number of nitrogens with zero attached hydrogens (tertiary/aromatic N) is 4. The van der Waals surface area contributed by atoms with Crippen LogP contribution in [-0.2, 0) is 9.53 Å². The molecule has 0 radical (unpaired) electrons. The Hall–Kier alpha value is -1.73. The van der Waals surface area contributed by atoms with Crippen molar-refractivity contribution in [1.29, 1.82) is 0 Å². The number of aryl methyl sites for hydroxylation is 1. The number of piperazine rings is 1. The highest BCUT2D eigenvalue weighted by Crippen LogP contribution is 2.30. The second kappa shape index (κ2) is 6.64. The zero-order chi connectivity index (χ0) is 16.5. The molecule has 0 bridgehead atoms. The third-order valence-corrected chi connectivity index (χ3v) is 5.75. The van der Waals surface area contributed by atoms with Gasteiger partial charge in [-0.2, -0.15) is 0 Å². The minimum Gasteiger partial charge on any atom is -0.378 e. The van der Waals surface area contributed by atoms with Crippen LogP contribution in [0.5, 0.6) is 0 Å². The van der Waals surface area contributed by atoms with Crippen molar-refractivity contribution in [3.05, 3.63) is 17.3 Å². The van der Waals surface area contributed by atoms with Gasteiger partial charge in [0.15, 0.2) is 0 Å². The minimum atomic E-state index is 0.130. The van der Waals surface area contributed by atoms with E-state index in [0.717, 1.165) is 61.7 Å². The number of ether oxygens (including phenoxy) is 1. The Morgan fingerprint density at radius 2 is 2.17 bits per heavy atom. The Kier molecular flexibility index (Phi) is 4.37. The number of hydrogen-bond donors (Lipinski definition) is 0. The maximum absolute atomic E-state index is 12.4. The lowest BCUT2D eigenvalue weighted by Gasteiger charge is -2.36. The van der Waals surface area contributed by atoms with Gasteiger partial charge in [0, 0.05) is 37.7 Å². The Balaban J connectivity index is 1.41. The fraction of sp³-hybridized carbons (Fsp3) is 0.588. The van der Waals surface area contributed by atoms with Crippen molar-refractivity contribution in [2.75, 3.05) is 37.7 Å². The third kappa shape index (κ3) is 3.10. The molecule has 0 saturated carbocycles. The molecule has 24 heavy (non-hydrogen) atoms. The van der Waals surface area contributed by atoms with Gasteiger partial charge in [0.25, 0.3) is 0 Å². The van der Waals surface area contributed by atoms with Crippen molar-refractivity contribution in [2.45, 2.75) is 32.3 Å². The summed E-state index contributed by atoms with van der Waals surface area (Å²) in [7, 11) is 0. The summed E-state index contributed by atoms with van der Waals surface area (Å²) >= 11 is 1.70. The number of carbonyl (C=O) groups excluding carboxylic acids is 1. The molecule has 6 nitrogen and oxygen atoms in total. The van der Waals surface area contributed by atoms with E-state index >= 15 is 0 Å². The van der Waals surface area contributed by atoms with E-state index < -0.39 is 0 Å². The van der Waals surface area contributed by atoms with E-state index in [1.165, 1.54) is 4.88 Å². The Bertz CT molecular complexity index is 733. The lowest BCUT2D eigenvalue weighted by molar-refractivity contribution is -0.133. The van der Waals surface area contributed by atoms with E-state index in [1.54, 1.807) is 17.7 Å². The molecule has 0 aromatic carbocycles. The molecule has 0 N–H and O–H groups in total. The average Bonchev–Trinajstić information content (AvgIpc) is 3.23. The molecule has 4 heterocycles. The second-order valence-corrected chi connectivity index (χ2v) is 7.71. The Labute approximate surface area is 145 Å². The molecule has 2 saturated heterocycles. The predicted molar refractivity (Wildman–Crippen MR) is 94.5 cm³/mol. The topological polar surface area (TPSA) is 58.6 Å². The van der Waals surface area contributed by atoms with Gasteiger partial charge in [-0.05, 0) is 25.8 Å². The number of aromatic nitrogens is 2. The Morgan fingerprint density at radius 3 is 2.92 bits per heavy atom. The summed E-state index contributed by atoms with van der Waals surface area (Å²) in [5, 5.41) is 1.12. The fourth-order valence-corrected chi connectivity index (χ4v) is 4.35. The molecule has 2 aliphatic rings. The van der Waals surface area contributed by atoms with Crippen molar-refractivity contribution < 1.29 is 9.53 Å². The largest absolute Gasteiger partial charge is 0.378 e. The molecule has 2 aromatic heterocycles. The van der Waals surface area contributed by atoms with E-state index in [4.69, 9.17) is 4.74 Å². The Morgan fingerprint density at radius 1 is 1.33 bits per heavy atom. The van der Waals surface area contributed by atoms with Gasteiger partial charge in [-0.1, -0.05) is 0 Å². The smallest absolute Gasteiger partial charge is 0.225 e. The molecule has 2 aliphatic heterocycles. The molecule has 0 aliphatic carbocycles. The maximum atomic E-state index is 12.4. The zero-order valence-electron chi connectivity index (χ0n) is 13.9. The summed E-state index contributed by atoms with van der Waals surface area (Å²) in [5.41, 5.74) is 0. The SMILES string of the molecule is Cc1cc2c(N3CCN(C(=O)C[C@H]4CCCO4)CC3)ncnc2s1. The van der Waals surface area contributed by atoms with E-state index in [1.807, 2.05) is 4.90 Å². The zero-order valence-corrected chi connectivity index (χ0v) is 14.7. The quantitative estimate of drug-likeness (QED) is 0.853. The number of amides is 1. The number of rotatable bonds is 3. The maximum Gasteiger partial charge on any atom is 0.225 e. The van der Waals surface area contributed by atoms with E-state index in [2.05, 4.69) is 27.9 Å². The second-order valence-electron chi connectivity index (χ2n) is 6.48. The number of carbonyl (C=O) groups is 1. The first-order valence-electron chi connectivity index (χ1n) is 8.56.